The van der Waals surface area contributed by atoms with Gasteiger partial charge in [-0.25, -0.2) is 0 Å². The molecule has 4 rings (SSSR count). The number of aromatic nitrogens is 4. The highest BCUT2D eigenvalue weighted by atomic mass is 16.5. The van der Waals surface area contributed by atoms with E-state index in [0.717, 1.165) is 45.1 Å². The molecule has 3 heterocycles. The van der Waals surface area contributed by atoms with E-state index in [-0.39, 0.29) is 5.75 Å². The Morgan fingerprint density at radius 2 is 1.73 bits per heavy atom. The highest BCUT2D eigenvalue weighted by molar-refractivity contribution is 5.94. The number of phenols is 1. The normalized spacial score (nSPS) is 11.2. The Morgan fingerprint density at radius 3 is 2.31 bits per heavy atom. The lowest BCUT2D eigenvalue weighted by molar-refractivity contribution is 0.393. The molecule has 6 heteroatoms. The zero-order chi connectivity index (χ0) is 18.4. The molecule has 0 saturated carbocycles. The van der Waals surface area contributed by atoms with E-state index >= 15 is 0 Å². The largest absolute Gasteiger partial charge is 0.508 e. The number of phenolic OH excluding ortho intramolecular Hbond substituents is 1. The van der Waals surface area contributed by atoms with Gasteiger partial charge in [0.2, 0.25) is 0 Å². The van der Waals surface area contributed by atoms with Gasteiger partial charge in [0.15, 0.2) is 0 Å². The molecule has 3 aromatic heterocycles. The predicted octanol–water partition coefficient (Wildman–Crippen LogP) is 4.07. The first kappa shape index (κ1) is 16.2. The molecule has 1 N–H and O–H groups in total. The summed E-state index contributed by atoms with van der Waals surface area (Å²) in [5, 5.41) is 18.4. The minimum atomic E-state index is 0.239. The quantitative estimate of drug-likeness (QED) is 0.606. The van der Waals surface area contributed by atoms with Crippen LogP contribution in [0.15, 0.2) is 47.2 Å². The van der Waals surface area contributed by atoms with Crippen LogP contribution in [-0.2, 0) is 14.1 Å². The Kier molecular flexibility index (Phi) is 3.68. The highest BCUT2D eigenvalue weighted by Gasteiger charge is 2.24. The first-order chi connectivity index (χ1) is 12.5. The minimum absolute atomic E-state index is 0.239. The van der Waals surface area contributed by atoms with E-state index in [1.807, 2.05) is 52.3 Å². The van der Waals surface area contributed by atoms with E-state index in [4.69, 9.17) is 4.52 Å². The Bertz CT molecular complexity index is 1060. The van der Waals surface area contributed by atoms with Crippen LogP contribution in [-0.4, -0.2) is 24.6 Å². The van der Waals surface area contributed by atoms with Crippen LogP contribution in [0.4, 0.5) is 0 Å². The smallest absolute Gasteiger partial charge is 0.141 e. The number of benzene rings is 1. The van der Waals surface area contributed by atoms with Gasteiger partial charge >= 0.3 is 0 Å². The van der Waals surface area contributed by atoms with Gasteiger partial charge in [-0.05, 0) is 37.6 Å². The maximum Gasteiger partial charge on any atom is 0.141 e. The summed E-state index contributed by atoms with van der Waals surface area (Å²) in [5.74, 6) is 1.02. The van der Waals surface area contributed by atoms with Crippen LogP contribution in [0.5, 0.6) is 5.75 Å². The van der Waals surface area contributed by atoms with Gasteiger partial charge < -0.3 is 14.2 Å². The molecule has 4 aromatic rings. The second-order valence-electron chi connectivity index (χ2n) is 6.50. The van der Waals surface area contributed by atoms with Gasteiger partial charge in [-0.3, -0.25) is 4.68 Å². The van der Waals surface area contributed by atoms with Crippen molar-refractivity contribution in [3.63, 3.8) is 0 Å². The molecule has 0 bridgehead atoms. The van der Waals surface area contributed by atoms with E-state index in [1.54, 1.807) is 16.8 Å². The number of nitrogens with zero attached hydrogens (tertiary/aromatic N) is 4. The molecule has 132 valence electrons. The first-order valence-electron chi connectivity index (χ1n) is 8.37. The van der Waals surface area contributed by atoms with Crippen molar-refractivity contribution in [1.29, 1.82) is 0 Å². The van der Waals surface area contributed by atoms with Crippen molar-refractivity contribution < 1.29 is 9.63 Å². The SMILES string of the molecule is Cc1noc(C)c1-c1cn(C)c(-c2ccn(C)n2)c1-c1ccc(O)cc1. The van der Waals surface area contributed by atoms with Gasteiger partial charge in [0.1, 0.15) is 17.2 Å². The van der Waals surface area contributed by atoms with Crippen molar-refractivity contribution in [2.75, 3.05) is 0 Å². The molecule has 0 unspecified atom stereocenters. The van der Waals surface area contributed by atoms with E-state index in [0.29, 0.717) is 0 Å². The van der Waals surface area contributed by atoms with E-state index < -0.39 is 0 Å². The summed E-state index contributed by atoms with van der Waals surface area (Å²) in [6, 6.07) is 9.22. The third-order valence-corrected chi connectivity index (χ3v) is 4.60. The van der Waals surface area contributed by atoms with Gasteiger partial charge in [-0.2, -0.15) is 5.10 Å². The van der Waals surface area contributed by atoms with E-state index in [9.17, 15) is 5.11 Å². The van der Waals surface area contributed by atoms with Crippen molar-refractivity contribution in [1.82, 2.24) is 19.5 Å². The van der Waals surface area contributed by atoms with Crippen LogP contribution < -0.4 is 0 Å². The van der Waals surface area contributed by atoms with Crippen LogP contribution in [0.25, 0.3) is 33.6 Å². The van der Waals surface area contributed by atoms with Crippen molar-refractivity contribution >= 4 is 0 Å². The van der Waals surface area contributed by atoms with Crippen molar-refractivity contribution in [3.05, 3.63) is 54.2 Å². The lowest BCUT2D eigenvalue weighted by atomic mass is 9.95. The van der Waals surface area contributed by atoms with Crippen LogP contribution in [0, 0.1) is 13.8 Å². The molecule has 0 aliphatic rings. The van der Waals surface area contributed by atoms with E-state index in [2.05, 4.69) is 21.0 Å². The van der Waals surface area contributed by atoms with Crippen LogP contribution in [0.2, 0.25) is 0 Å². The number of aryl methyl sites for hydroxylation is 4. The molecule has 6 nitrogen and oxygen atoms in total. The minimum Gasteiger partial charge on any atom is -0.508 e. The Morgan fingerprint density at radius 1 is 1.00 bits per heavy atom. The summed E-state index contributed by atoms with van der Waals surface area (Å²) in [7, 11) is 3.91. The molecule has 0 aliphatic heterocycles. The lowest BCUT2D eigenvalue weighted by Gasteiger charge is -2.08. The van der Waals surface area contributed by atoms with Gasteiger partial charge in [-0.1, -0.05) is 17.3 Å². The number of hydrogen-bond donors (Lipinski definition) is 1. The molecule has 0 amide bonds. The Labute approximate surface area is 151 Å². The molecule has 0 atom stereocenters. The highest BCUT2D eigenvalue weighted by Crippen LogP contribution is 2.43. The molecule has 0 aliphatic carbocycles. The third-order valence-electron chi connectivity index (χ3n) is 4.60. The van der Waals surface area contributed by atoms with Crippen molar-refractivity contribution in [3.8, 4) is 39.4 Å². The Balaban J connectivity index is 2.06. The predicted molar refractivity (Wildman–Crippen MR) is 99.7 cm³/mol. The second-order valence-corrected chi connectivity index (χ2v) is 6.50. The molecule has 0 saturated heterocycles. The maximum absolute atomic E-state index is 9.69. The fourth-order valence-corrected chi connectivity index (χ4v) is 3.45. The van der Waals surface area contributed by atoms with E-state index in [1.165, 1.54) is 0 Å². The topological polar surface area (TPSA) is 69.0 Å². The van der Waals surface area contributed by atoms with Crippen molar-refractivity contribution in [2.24, 2.45) is 14.1 Å². The average Bonchev–Trinajstić information content (AvgIpc) is 3.26. The first-order valence-corrected chi connectivity index (χ1v) is 8.37. The monoisotopic (exact) mass is 348 g/mol. The zero-order valence-corrected chi connectivity index (χ0v) is 15.2. The summed E-state index contributed by atoms with van der Waals surface area (Å²) in [6.45, 7) is 3.86. The lowest BCUT2D eigenvalue weighted by Crippen LogP contribution is -1.94. The second kappa shape index (κ2) is 5.91. The molecule has 26 heavy (non-hydrogen) atoms. The standard InChI is InChI=1S/C20H20N4O2/c1-12-18(13(2)26-22-12)16-11-23(3)20(17-9-10-24(4)21-17)19(16)14-5-7-15(25)8-6-14/h5-11,25H,1-4H3. The van der Waals surface area contributed by atoms with Crippen LogP contribution >= 0.6 is 0 Å². The van der Waals surface area contributed by atoms with Gasteiger partial charge in [0.05, 0.1) is 11.4 Å². The number of aromatic hydroxyl groups is 1. The molecule has 1 aromatic carbocycles. The maximum atomic E-state index is 9.69. The number of hydrogen-bond acceptors (Lipinski definition) is 4. The summed E-state index contributed by atoms with van der Waals surface area (Å²) in [5.41, 5.74) is 6.81. The molecule has 0 fully saturated rings. The third kappa shape index (κ3) is 2.50. The van der Waals surface area contributed by atoms with Crippen LogP contribution in [0.1, 0.15) is 11.5 Å². The molecule has 0 radical (unpaired) electrons. The summed E-state index contributed by atoms with van der Waals surface area (Å²) >= 11 is 0. The zero-order valence-electron chi connectivity index (χ0n) is 15.2. The summed E-state index contributed by atoms with van der Waals surface area (Å²) < 4.78 is 9.26. The summed E-state index contributed by atoms with van der Waals surface area (Å²) in [4.78, 5) is 0. The van der Waals surface area contributed by atoms with Gasteiger partial charge in [0, 0.05) is 43.2 Å². The molecular formula is C20H20N4O2. The fraction of sp³-hybridized carbons (Fsp3) is 0.200. The van der Waals surface area contributed by atoms with Crippen molar-refractivity contribution in [2.45, 2.75) is 13.8 Å². The fourth-order valence-electron chi connectivity index (χ4n) is 3.45. The van der Waals surface area contributed by atoms with Gasteiger partial charge in [-0.15, -0.1) is 0 Å². The Hall–Kier alpha value is -3.28. The molecule has 0 spiro atoms. The van der Waals surface area contributed by atoms with Gasteiger partial charge in [0.25, 0.3) is 0 Å². The number of rotatable bonds is 3. The molecular weight excluding hydrogens is 328 g/mol. The summed E-state index contributed by atoms with van der Waals surface area (Å²) in [6.07, 6.45) is 4.01. The average molecular weight is 348 g/mol. The van der Waals surface area contributed by atoms with Crippen LogP contribution in [0.3, 0.4) is 0 Å².